The molecule has 2 aromatic heterocycles. The van der Waals surface area contributed by atoms with Gasteiger partial charge < -0.3 is 19.0 Å². The Morgan fingerprint density at radius 3 is 3.17 bits per heavy atom. The van der Waals surface area contributed by atoms with Crippen molar-refractivity contribution in [2.45, 2.75) is 44.2 Å². The van der Waals surface area contributed by atoms with E-state index in [1.807, 2.05) is 23.9 Å². The average Bonchev–Trinajstić information content (AvgIpc) is 3.32. The first kappa shape index (κ1) is 15.4. The van der Waals surface area contributed by atoms with Crippen LogP contribution in [0.2, 0.25) is 0 Å². The summed E-state index contributed by atoms with van der Waals surface area (Å²) in [6, 6.07) is 2.30. The Hall–Kier alpha value is -2.12. The van der Waals surface area contributed by atoms with Crippen LogP contribution in [0.4, 0.5) is 0 Å². The number of fused-ring (bicyclic) bond motifs is 1. The van der Waals surface area contributed by atoms with Gasteiger partial charge in [-0.05, 0) is 12.5 Å². The summed E-state index contributed by atoms with van der Waals surface area (Å²) >= 11 is 0. The minimum Gasteiger partial charge on any atom is -0.472 e. The van der Waals surface area contributed by atoms with Crippen LogP contribution in [0.1, 0.15) is 24.2 Å². The molecule has 2 fully saturated rings. The maximum absolute atomic E-state index is 12.4. The third-order valence-corrected chi connectivity index (χ3v) is 4.99. The smallest absolute Gasteiger partial charge is 0.249 e. The Morgan fingerprint density at radius 1 is 1.50 bits per heavy atom. The lowest BCUT2D eigenvalue weighted by Gasteiger charge is -2.21. The minimum absolute atomic E-state index is 0.0457. The summed E-state index contributed by atoms with van der Waals surface area (Å²) in [5.74, 6) is 0.791. The van der Waals surface area contributed by atoms with Crippen LogP contribution in [0.25, 0.3) is 0 Å². The van der Waals surface area contributed by atoms with Gasteiger partial charge in [-0.3, -0.25) is 9.69 Å². The zero-order chi connectivity index (χ0) is 16.5. The Morgan fingerprint density at radius 2 is 2.42 bits per heavy atom. The second kappa shape index (κ2) is 6.41. The molecule has 1 N–H and O–H groups in total. The fourth-order valence-corrected chi connectivity index (χ4v) is 3.66. The van der Waals surface area contributed by atoms with Gasteiger partial charge >= 0.3 is 0 Å². The molecule has 3 atom stereocenters. The number of furan rings is 1. The third-order valence-electron chi connectivity index (χ3n) is 4.99. The fourth-order valence-electron chi connectivity index (χ4n) is 3.66. The topological polar surface area (TPSA) is 72.5 Å². The maximum Gasteiger partial charge on any atom is 0.249 e. The number of nitrogens with zero attached hydrogens (tertiary/aromatic N) is 3. The molecule has 2 saturated heterocycles. The van der Waals surface area contributed by atoms with Gasteiger partial charge in [0.2, 0.25) is 5.91 Å². The number of amides is 1. The number of ether oxygens (including phenoxy) is 1. The summed E-state index contributed by atoms with van der Waals surface area (Å²) in [5.41, 5.74) is 1.17. The molecule has 0 radical (unpaired) electrons. The number of likely N-dealkylation sites (tertiary alicyclic amines) is 1. The average molecular weight is 330 g/mol. The number of carbonyl (C=O) groups is 1. The van der Waals surface area contributed by atoms with Crippen molar-refractivity contribution in [3.05, 3.63) is 42.4 Å². The molecule has 128 valence electrons. The van der Waals surface area contributed by atoms with E-state index >= 15 is 0 Å². The normalized spacial score (nSPS) is 26.6. The summed E-state index contributed by atoms with van der Waals surface area (Å²) in [5, 5.41) is 2.94. The van der Waals surface area contributed by atoms with Crippen LogP contribution in [0.3, 0.4) is 0 Å². The predicted octanol–water partition coefficient (Wildman–Crippen LogP) is 1.06. The van der Waals surface area contributed by atoms with E-state index in [1.165, 1.54) is 5.56 Å². The molecule has 0 aliphatic carbocycles. The van der Waals surface area contributed by atoms with Crippen molar-refractivity contribution < 1.29 is 13.9 Å². The second-order valence-corrected chi connectivity index (χ2v) is 6.53. The lowest BCUT2D eigenvalue weighted by atomic mass is 10.1. The summed E-state index contributed by atoms with van der Waals surface area (Å²) in [6.07, 6.45) is 8.58. The van der Waals surface area contributed by atoms with Crippen LogP contribution < -0.4 is 5.32 Å². The zero-order valence-corrected chi connectivity index (χ0v) is 13.7. The van der Waals surface area contributed by atoms with E-state index < -0.39 is 0 Å². The highest BCUT2D eigenvalue weighted by Crippen LogP contribution is 2.34. The number of aromatic nitrogens is 2. The van der Waals surface area contributed by atoms with Gasteiger partial charge in [0.1, 0.15) is 11.9 Å². The second-order valence-electron chi connectivity index (χ2n) is 6.53. The standard InChI is InChI=1S/C17H22N4O3/c1-20-6-4-18-16(20)9-19-17(22)15-8-13-14(24-15)2-5-21(13)10-12-3-7-23-11-12/h3-4,6-7,11,13-15H,2,5,8-10H2,1H3,(H,19,22)/t13-,14-,15+/m1/s1. The molecule has 0 spiro atoms. The fraction of sp³-hybridized carbons (Fsp3) is 0.529. The molecule has 7 heteroatoms. The van der Waals surface area contributed by atoms with E-state index in [1.54, 1.807) is 18.7 Å². The molecule has 1 amide bonds. The SMILES string of the molecule is Cn1ccnc1CNC(=O)[C@@H]1C[C@@H]2[C@@H](CCN2Cc2ccoc2)O1. The van der Waals surface area contributed by atoms with Crippen LogP contribution in [-0.4, -0.2) is 45.2 Å². The lowest BCUT2D eigenvalue weighted by molar-refractivity contribution is -0.132. The van der Waals surface area contributed by atoms with Crippen LogP contribution in [0.15, 0.2) is 35.4 Å². The highest BCUT2D eigenvalue weighted by molar-refractivity contribution is 5.81. The number of rotatable bonds is 5. The first-order valence-corrected chi connectivity index (χ1v) is 8.35. The number of carbonyl (C=O) groups excluding carboxylic acids is 1. The molecule has 0 unspecified atom stereocenters. The van der Waals surface area contributed by atoms with Crippen molar-refractivity contribution in [3.63, 3.8) is 0 Å². The van der Waals surface area contributed by atoms with Crippen molar-refractivity contribution in [1.29, 1.82) is 0 Å². The van der Waals surface area contributed by atoms with E-state index in [0.29, 0.717) is 12.6 Å². The Bertz CT molecular complexity index is 697. The van der Waals surface area contributed by atoms with Gasteiger partial charge in [0, 0.05) is 50.6 Å². The molecule has 4 rings (SSSR count). The summed E-state index contributed by atoms with van der Waals surface area (Å²) < 4.78 is 13.0. The first-order chi connectivity index (χ1) is 11.7. The quantitative estimate of drug-likeness (QED) is 0.887. The third kappa shape index (κ3) is 2.97. The van der Waals surface area contributed by atoms with Crippen molar-refractivity contribution in [2.24, 2.45) is 7.05 Å². The molecule has 7 nitrogen and oxygen atoms in total. The maximum atomic E-state index is 12.4. The predicted molar refractivity (Wildman–Crippen MR) is 85.9 cm³/mol. The minimum atomic E-state index is -0.368. The molecule has 4 heterocycles. The molecule has 2 aliphatic heterocycles. The molecule has 0 saturated carbocycles. The van der Waals surface area contributed by atoms with Gasteiger partial charge in [-0.15, -0.1) is 0 Å². The highest BCUT2D eigenvalue weighted by Gasteiger charge is 2.45. The van der Waals surface area contributed by atoms with Crippen LogP contribution >= 0.6 is 0 Å². The van der Waals surface area contributed by atoms with Gasteiger partial charge in [-0.2, -0.15) is 0 Å². The van der Waals surface area contributed by atoms with Crippen molar-refractivity contribution in [1.82, 2.24) is 19.8 Å². The number of hydrogen-bond donors (Lipinski definition) is 1. The van der Waals surface area contributed by atoms with E-state index in [-0.39, 0.29) is 18.1 Å². The van der Waals surface area contributed by atoms with Crippen molar-refractivity contribution >= 4 is 5.91 Å². The van der Waals surface area contributed by atoms with E-state index in [0.717, 1.165) is 31.8 Å². The number of aryl methyl sites for hydroxylation is 1. The largest absolute Gasteiger partial charge is 0.472 e. The molecule has 0 aromatic carbocycles. The van der Waals surface area contributed by atoms with Gasteiger partial charge in [-0.25, -0.2) is 4.98 Å². The number of nitrogens with one attached hydrogen (secondary N) is 1. The van der Waals surface area contributed by atoms with Crippen LogP contribution in [0, 0.1) is 0 Å². The molecule has 2 aliphatic rings. The Labute approximate surface area is 140 Å². The van der Waals surface area contributed by atoms with Crippen molar-refractivity contribution in [3.8, 4) is 0 Å². The summed E-state index contributed by atoms with van der Waals surface area (Å²) in [7, 11) is 1.92. The van der Waals surface area contributed by atoms with Gasteiger partial charge in [0.15, 0.2) is 0 Å². The zero-order valence-electron chi connectivity index (χ0n) is 13.7. The molecule has 0 bridgehead atoms. The van der Waals surface area contributed by atoms with E-state index in [2.05, 4.69) is 15.2 Å². The first-order valence-electron chi connectivity index (χ1n) is 8.35. The van der Waals surface area contributed by atoms with Gasteiger partial charge in [-0.1, -0.05) is 0 Å². The molecule has 2 aromatic rings. The van der Waals surface area contributed by atoms with Crippen LogP contribution in [0.5, 0.6) is 0 Å². The number of imidazole rings is 1. The Kier molecular flexibility index (Phi) is 4.12. The van der Waals surface area contributed by atoms with Crippen LogP contribution in [-0.2, 0) is 29.7 Å². The van der Waals surface area contributed by atoms with Gasteiger partial charge in [0.05, 0.1) is 25.2 Å². The molecule has 24 heavy (non-hydrogen) atoms. The number of hydrogen-bond acceptors (Lipinski definition) is 5. The van der Waals surface area contributed by atoms with Crippen molar-refractivity contribution in [2.75, 3.05) is 6.54 Å². The molecular weight excluding hydrogens is 308 g/mol. The lowest BCUT2D eigenvalue weighted by Crippen LogP contribution is -2.36. The molecular formula is C17H22N4O3. The van der Waals surface area contributed by atoms with Gasteiger partial charge in [0.25, 0.3) is 0 Å². The monoisotopic (exact) mass is 330 g/mol. The summed E-state index contributed by atoms with van der Waals surface area (Å²) in [4.78, 5) is 19.0. The van der Waals surface area contributed by atoms with E-state index in [9.17, 15) is 4.79 Å². The van der Waals surface area contributed by atoms with E-state index in [4.69, 9.17) is 9.15 Å². The Balaban J connectivity index is 1.32. The summed E-state index contributed by atoms with van der Waals surface area (Å²) in [6.45, 7) is 2.28. The highest BCUT2D eigenvalue weighted by atomic mass is 16.5.